The molecule has 3 rings (SSSR count). The van der Waals surface area contributed by atoms with Crippen LogP contribution in [0.15, 0.2) is 41.9 Å². The maximum atomic E-state index is 12.3. The summed E-state index contributed by atoms with van der Waals surface area (Å²) in [4.78, 5) is 27.6. The molecule has 8 heteroatoms. The Morgan fingerprint density at radius 3 is 2.95 bits per heavy atom. The summed E-state index contributed by atoms with van der Waals surface area (Å²) in [7, 11) is 0. The molecule has 2 aromatic heterocycles. The highest BCUT2D eigenvalue weighted by Gasteiger charge is 2.18. The number of thioether (sulfide) groups is 1. The lowest BCUT2D eigenvalue weighted by Gasteiger charge is -2.12. The summed E-state index contributed by atoms with van der Waals surface area (Å²) in [5, 5.41) is 3.65. The quantitative estimate of drug-likeness (QED) is 0.566. The van der Waals surface area contributed by atoms with E-state index in [2.05, 4.69) is 25.3 Å². The lowest BCUT2D eigenvalue weighted by atomic mass is 10.3. The number of imidazole rings is 1. The van der Waals surface area contributed by atoms with Crippen LogP contribution in [0.1, 0.15) is 6.92 Å². The highest BCUT2D eigenvalue weighted by atomic mass is 35.5. The maximum absolute atomic E-state index is 12.3. The summed E-state index contributed by atoms with van der Waals surface area (Å²) in [5.74, 6) is -0.149. The van der Waals surface area contributed by atoms with Crippen molar-refractivity contribution >= 4 is 46.1 Å². The number of aromatic amines is 1. The first-order chi connectivity index (χ1) is 10.6. The minimum absolute atomic E-state index is 0.149. The number of carbonyl (C=O) groups is 1. The number of halogens is 1. The molecule has 0 saturated heterocycles. The molecular weight excluding hydrogens is 322 g/mol. The highest BCUT2D eigenvalue weighted by molar-refractivity contribution is 8.00. The monoisotopic (exact) mass is 333 g/mol. The normalized spacial score (nSPS) is 12.3. The smallest absolute Gasteiger partial charge is 0.237 e. The molecule has 22 heavy (non-hydrogen) atoms. The fraction of sp³-hybridized carbons (Fsp3) is 0.143. The van der Waals surface area contributed by atoms with Crippen LogP contribution in [-0.4, -0.2) is 31.1 Å². The van der Waals surface area contributed by atoms with Crippen molar-refractivity contribution in [2.24, 2.45) is 0 Å². The fourth-order valence-corrected chi connectivity index (χ4v) is 2.91. The average Bonchev–Trinajstić information content (AvgIpc) is 2.99. The number of hydrogen-bond acceptors (Lipinski definition) is 5. The number of nitrogens with one attached hydrogen (secondary N) is 2. The lowest BCUT2D eigenvalue weighted by Crippen LogP contribution is -2.22. The van der Waals surface area contributed by atoms with Gasteiger partial charge in [0.15, 0.2) is 5.65 Å². The van der Waals surface area contributed by atoms with E-state index in [1.165, 1.54) is 18.1 Å². The Bertz CT molecular complexity index is 822. The fourth-order valence-electron chi connectivity index (χ4n) is 1.85. The van der Waals surface area contributed by atoms with E-state index >= 15 is 0 Å². The van der Waals surface area contributed by atoms with Crippen LogP contribution in [0.25, 0.3) is 11.2 Å². The van der Waals surface area contributed by atoms with Crippen LogP contribution in [0, 0.1) is 0 Å². The minimum atomic E-state index is -0.349. The van der Waals surface area contributed by atoms with Crippen LogP contribution < -0.4 is 5.32 Å². The topological polar surface area (TPSA) is 83.6 Å². The van der Waals surface area contributed by atoms with E-state index in [4.69, 9.17) is 11.6 Å². The standard InChI is InChI=1S/C14H12ClN5OS/c1-8(13(21)20-10-5-3-2-4-9(10)15)22-14-11-12(17-6-16-11)18-7-19-14/h2-8H,1H3,(H,20,21)(H,16,17,18,19)/t8-/m1/s1. The molecule has 1 amide bonds. The van der Waals surface area contributed by atoms with Gasteiger partial charge in [-0.2, -0.15) is 0 Å². The number of nitrogens with zero attached hydrogens (tertiary/aromatic N) is 3. The van der Waals surface area contributed by atoms with E-state index in [1.54, 1.807) is 25.4 Å². The van der Waals surface area contributed by atoms with Crippen LogP contribution in [-0.2, 0) is 4.79 Å². The summed E-state index contributed by atoms with van der Waals surface area (Å²) in [6.07, 6.45) is 2.99. The lowest BCUT2D eigenvalue weighted by molar-refractivity contribution is -0.115. The number of anilines is 1. The van der Waals surface area contributed by atoms with E-state index in [9.17, 15) is 4.79 Å². The molecule has 0 radical (unpaired) electrons. The molecule has 0 aliphatic rings. The number of benzene rings is 1. The van der Waals surface area contributed by atoms with Crippen molar-refractivity contribution in [3.63, 3.8) is 0 Å². The van der Waals surface area contributed by atoms with Crippen molar-refractivity contribution in [2.75, 3.05) is 5.32 Å². The first-order valence-corrected chi connectivity index (χ1v) is 7.77. The van der Waals surface area contributed by atoms with Crippen molar-refractivity contribution in [1.29, 1.82) is 0 Å². The van der Waals surface area contributed by atoms with Crippen LogP contribution in [0.3, 0.4) is 0 Å². The number of fused-ring (bicyclic) bond motifs is 1. The number of rotatable bonds is 4. The minimum Gasteiger partial charge on any atom is -0.341 e. The predicted molar refractivity (Wildman–Crippen MR) is 87.1 cm³/mol. The van der Waals surface area contributed by atoms with Crippen molar-refractivity contribution in [2.45, 2.75) is 17.2 Å². The number of hydrogen-bond donors (Lipinski definition) is 2. The van der Waals surface area contributed by atoms with E-state index < -0.39 is 0 Å². The van der Waals surface area contributed by atoms with Gasteiger partial charge in [-0.15, -0.1) is 0 Å². The second-order valence-electron chi connectivity index (χ2n) is 4.51. The Morgan fingerprint density at radius 2 is 2.14 bits per heavy atom. The van der Waals surface area contributed by atoms with Crippen molar-refractivity contribution in [3.8, 4) is 0 Å². The van der Waals surface area contributed by atoms with Crippen LogP contribution in [0.4, 0.5) is 5.69 Å². The third-order valence-electron chi connectivity index (χ3n) is 2.98. The molecule has 0 spiro atoms. The Hall–Kier alpha value is -2.12. The largest absolute Gasteiger partial charge is 0.341 e. The number of para-hydroxylation sites is 1. The van der Waals surface area contributed by atoms with E-state index in [1.807, 2.05) is 12.1 Å². The summed E-state index contributed by atoms with van der Waals surface area (Å²) < 4.78 is 0. The Balaban J connectivity index is 1.74. The third-order valence-corrected chi connectivity index (χ3v) is 4.41. The summed E-state index contributed by atoms with van der Waals surface area (Å²) in [6, 6.07) is 7.12. The van der Waals surface area contributed by atoms with Gasteiger partial charge in [-0.1, -0.05) is 35.5 Å². The van der Waals surface area contributed by atoms with Gasteiger partial charge >= 0.3 is 0 Å². The molecule has 112 valence electrons. The van der Waals surface area contributed by atoms with Gasteiger partial charge in [0.25, 0.3) is 0 Å². The molecule has 0 unspecified atom stereocenters. The zero-order valence-electron chi connectivity index (χ0n) is 11.6. The van der Waals surface area contributed by atoms with E-state index in [0.717, 1.165) is 5.52 Å². The molecule has 1 aromatic carbocycles. The number of carbonyl (C=O) groups excluding carboxylic acids is 1. The summed E-state index contributed by atoms with van der Waals surface area (Å²) >= 11 is 7.37. The van der Waals surface area contributed by atoms with E-state index in [-0.39, 0.29) is 11.2 Å². The Labute approximate surface area is 135 Å². The van der Waals surface area contributed by atoms with Crippen molar-refractivity contribution in [1.82, 2.24) is 19.9 Å². The summed E-state index contributed by atoms with van der Waals surface area (Å²) in [6.45, 7) is 1.81. The zero-order chi connectivity index (χ0) is 15.5. The van der Waals surface area contributed by atoms with Gasteiger partial charge in [-0.3, -0.25) is 4.79 Å². The third kappa shape index (κ3) is 3.05. The van der Waals surface area contributed by atoms with Gasteiger partial charge in [0.2, 0.25) is 5.91 Å². The SMILES string of the molecule is C[C@@H](Sc1ncnc2nc[nH]c12)C(=O)Nc1ccccc1Cl. The van der Waals surface area contributed by atoms with Crippen molar-refractivity contribution in [3.05, 3.63) is 41.9 Å². The first kappa shape index (κ1) is 14.8. The highest BCUT2D eigenvalue weighted by Crippen LogP contribution is 2.27. The average molecular weight is 334 g/mol. The number of amides is 1. The van der Waals surface area contributed by atoms with Gasteiger partial charge in [0.1, 0.15) is 16.9 Å². The molecule has 1 atom stereocenters. The molecule has 3 aromatic rings. The van der Waals surface area contributed by atoms with Gasteiger partial charge in [0, 0.05) is 0 Å². The molecule has 0 bridgehead atoms. The molecule has 2 heterocycles. The number of H-pyrrole nitrogens is 1. The van der Waals surface area contributed by atoms with Gasteiger partial charge in [-0.25, -0.2) is 15.0 Å². The second-order valence-corrected chi connectivity index (χ2v) is 6.25. The molecule has 0 saturated carbocycles. The molecule has 0 aliphatic heterocycles. The molecular formula is C14H12ClN5OS. The molecule has 6 nitrogen and oxygen atoms in total. The molecule has 2 N–H and O–H groups in total. The Morgan fingerprint density at radius 1 is 1.32 bits per heavy atom. The van der Waals surface area contributed by atoms with Gasteiger partial charge in [-0.05, 0) is 19.1 Å². The number of aromatic nitrogens is 4. The second kappa shape index (κ2) is 6.33. The molecule has 0 aliphatic carbocycles. The zero-order valence-corrected chi connectivity index (χ0v) is 13.1. The maximum Gasteiger partial charge on any atom is 0.237 e. The van der Waals surface area contributed by atoms with Gasteiger partial charge < -0.3 is 10.3 Å². The Kier molecular flexibility index (Phi) is 4.26. The van der Waals surface area contributed by atoms with Crippen molar-refractivity contribution < 1.29 is 4.79 Å². The van der Waals surface area contributed by atoms with E-state index in [0.29, 0.717) is 21.4 Å². The summed E-state index contributed by atoms with van der Waals surface area (Å²) in [5.41, 5.74) is 1.90. The van der Waals surface area contributed by atoms with Crippen LogP contribution >= 0.6 is 23.4 Å². The van der Waals surface area contributed by atoms with Gasteiger partial charge in [0.05, 0.1) is 22.3 Å². The first-order valence-electron chi connectivity index (χ1n) is 6.51. The molecule has 0 fully saturated rings. The van der Waals surface area contributed by atoms with Crippen LogP contribution in [0.5, 0.6) is 0 Å². The van der Waals surface area contributed by atoms with Crippen LogP contribution in [0.2, 0.25) is 5.02 Å². The predicted octanol–water partition coefficient (Wildman–Crippen LogP) is 3.13.